The molecule has 0 saturated carbocycles. The van der Waals surface area contributed by atoms with Crippen LogP contribution in [0.2, 0.25) is 0 Å². The zero-order chi connectivity index (χ0) is 24.0. The Hall–Kier alpha value is -3.62. The van der Waals surface area contributed by atoms with Crippen molar-refractivity contribution < 1.29 is 9.47 Å². The quantitative estimate of drug-likeness (QED) is 0.312. The average molecular weight is 457 g/mol. The molecule has 0 aromatic heterocycles. The first-order chi connectivity index (χ1) is 16.9. The van der Waals surface area contributed by atoms with Crippen molar-refractivity contribution in [2.75, 3.05) is 0 Å². The summed E-state index contributed by atoms with van der Waals surface area (Å²) in [7, 11) is 0. The Bertz CT molecular complexity index is 1530. The van der Waals surface area contributed by atoms with Gasteiger partial charge in [-0.3, -0.25) is 0 Å². The molecular weight excluding hydrogens is 428 g/mol. The second-order valence-electron chi connectivity index (χ2n) is 10.6. The predicted molar refractivity (Wildman–Crippen MR) is 140 cm³/mol. The van der Waals surface area contributed by atoms with E-state index in [1.165, 1.54) is 27.8 Å². The van der Waals surface area contributed by atoms with Gasteiger partial charge in [-0.15, -0.1) is 0 Å². The average Bonchev–Trinajstić information content (AvgIpc) is 3.37. The van der Waals surface area contributed by atoms with E-state index in [4.69, 9.17) is 9.47 Å². The lowest BCUT2D eigenvalue weighted by atomic mass is 9.62. The fourth-order valence-corrected chi connectivity index (χ4v) is 6.85. The van der Waals surface area contributed by atoms with Gasteiger partial charge in [-0.2, -0.15) is 0 Å². The highest BCUT2D eigenvalue weighted by atomic mass is 16.5. The number of hydrogen-bond acceptors (Lipinski definition) is 2. The van der Waals surface area contributed by atoms with Crippen LogP contribution in [0.15, 0.2) is 103 Å². The van der Waals surface area contributed by atoms with Gasteiger partial charge in [0.05, 0.1) is 0 Å². The molecule has 2 bridgehead atoms. The Morgan fingerprint density at radius 2 is 1.17 bits per heavy atom. The molecule has 3 aliphatic rings. The van der Waals surface area contributed by atoms with Crippen molar-refractivity contribution in [2.45, 2.75) is 44.5 Å². The van der Waals surface area contributed by atoms with Crippen molar-refractivity contribution >= 4 is 5.57 Å². The van der Waals surface area contributed by atoms with Gasteiger partial charge in [-0.05, 0) is 67.1 Å². The molecule has 3 heterocycles. The van der Waals surface area contributed by atoms with Crippen molar-refractivity contribution in [1.82, 2.24) is 0 Å². The SMILES string of the molecule is Cc1cc(C)c2c(c1)C1=C(C(C)(C)O2)C2(c3ccccc3)OC1(c1ccccc1)c1ccccc12. The first-order valence-electron chi connectivity index (χ1n) is 12.4. The zero-order valence-electron chi connectivity index (χ0n) is 20.6. The van der Waals surface area contributed by atoms with Crippen LogP contribution in [0.4, 0.5) is 0 Å². The highest BCUT2D eigenvalue weighted by Gasteiger charge is 2.69. The van der Waals surface area contributed by atoms with Gasteiger partial charge in [0.2, 0.25) is 0 Å². The van der Waals surface area contributed by atoms with E-state index < -0.39 is 16.8 Å². The molecule has 0 aliphatic carbocycles. The molecule has 2 nitrogen and oxygen atoms in total. The summed E-state index contributed by atoms with van der Waals surface area (Å²) in [4.78, 5) is 0. The number of ether oxygens (including phenoxy) is 2. The molecular formula is C33H28O2. The van der Waals surface area contributed by atoms with E-state index >= 15 is 0 Å². The fraction of sp³-hybridized carbons (Fsp3) is 0.212. The van der Waals surface area contributed by atoms with Gasteiger partial charge in [0, 0.05) is 16.7 Å². The number of aryl methyl sites for hydroxylation is 2. The van der Waals surface area contributed by atoms with Crippen molar-refractivity contribution in [3.63, 3.8) is 0 Å². The van der Waals surface area contributed by atoms with E-state index in [2.05, 4.69) is 125 Å². The molecule has 0 radical (unpaired) electrons. The van der Waals surface area contributed by atoms with Crippen LogP contribution in [-0.2, 0) is 15.9 Å². The standard InChI is InChI=1S/C33H28O2/c1-21-19-22(2)29-25(20-21)28-30(31(3,4)34-29)33(24-15-9-6-10-16-24)27-18-12-11-17-26(27)32(28,35-33)23-13-7-5-8-14-23/h5-20H,1-4H3. The lowest BCUT2D eigenvalue weighted by Gasteiger charge is -2.44. The van der Waals surface area contributed by atoms with Gasteiger partial charge in [0.25, 0.3) is 0 Å². The summed E-state index contributed by atoms with van der Waals surface area (Å²) in [5, 5.41) is 0. The van der Waals surface area contributed by atoms with Crippen LogP contribution in [0.25, 0.3) is 5.57 Å². The fourth-order valence-electron chi connectivity index (χ4n) is 6.85. The first kappa shape index (κ1) is 20.7. The molecule has 0 fully saturated rings. The monoisotopic (exact) mass is 456 g/mol. The van der Waals surface area contributed by atoms with Gasteiger partial charge >= 0.3 is 0 Å². The van der Waals surface area contributed by atoms with Crippen molar-refractivity contribution in [1.29, 1.82) is 0 Å². The van der Waals surface area contributed by atoms with Gasteiger partial charge in [0.1, 0.15) is 22.6 Å². The Morgan fingerprint density at radius 3 is 1.80 bits per heavy atom. The van der Waals surface area contributed by atoms with Crippen LogP contribution >= 0.6 is 0 Å². The zero-order valence-corrected chi connectivity index (χ0v) is 20.6. The van der Waals surface area contributed by atoms with E-state index in [1.807, 2.05) is 0 Å². The van der Waals surface area contributed by atoms with Gasteiger partial charge in [-0.25, -0.2) is 0 Å². The third-order valence-corrected chi connectivity index (χ3v) is 7.95. The molecule has 7 rings (SSSR count). The van der Waals surface area contributed by atoms with Gasteiger partial charge < -0.3 is 9.47 Å². The van der Waals surface area contributed by atoms with Crippen LogP contribution in [-0.4, -0.2) is 5.60 Å². The number of hydrogen-bond donors (Lipinski definition) is 0. The van der Waals surface area contributed by atoms with E-state index in [-0.39, 0.29) is 0 Å². The molecule has 4 aromatic carbocycles. The van der Waals surface area contributed by atoms with Crippen LogP contribution < -0.4 is 4.74 Å². The van der Waals surface area contributed by atoms with Gasteiger partial charge in [0.15, 0.2) is 0 Å². The second kappa shape index (κ2) is 6.74. The third kappa shape index (κ3) is 2.43. The number of rotatable bonds is 2. The minimum atomic E-state index is -0.734. The van der Waals surface area contributed by atoms with E-state index in [0.29, 0.717) is 0 Å². The predicted octanol–water partition coefficient (Wildman–Crippen LogP) is 7.46. The van der Waals surface area contributed by atoms with Crippen LogP contribution in [0.5, 0.6) is 5.75 Å². The normalized spacial score (nSPS) is 25.0. The molecule has 4 aromatic rings. The molecule has 2 atom stereocenters. The van der Waals surface area contributed by atoms with Crippen LogP contribution in [0, 0.1) is 13.8 Å². The molecule has 2 unspecified atom stereocenters. The lowest BCUT2D eigenvalue weighted by Crippen LogP contribution is -2.45. The molecule has 0 N–H and O–H groups in total. The maximum absolute atomic E-state index is 7.56. The summed E-state index contributed by atoms with van der Waals surface area (Å²) >= 11 is 0. The van der Waals surface area contributed by atoms with E-state index in [0.717, 1.165) is 28.0 Å². The number of benzene rings is 4. The maximum atomic E-state index is 7.56. The smallest absolute Gasteiger partial charge is 0.147 e. The summed E-state index contributed by atoms with van der Waals surface area (Å²) in [6.45, 7) is 8.70. The Kier molecular flexibility index (Phi) is 3.99. The Labute approximate surface area is 206 Å². The lowest BCUT2D eigenvalue weighted by molar-refractivity contribution is -0.0360. The minimum absolute atomic E-state index is 0.567. The minimum Gasteiger partial charge on any atom is -0.482 e. The highest BCUT2D eigenvalue weighted by Crippen LogP contribution is 2.72. The molecule has 0 saturated heterocycles. The molecule has 2 heteroatoms. The van der Waals surface area contributed by atoms with Crippen molar-refractivity contribution in [3.05, 3.63) is 142 Å². The molecule has 0 spiro atoms. The summed E-state index contributed by atoms with van der Waals surface area (Å²) in [5.74, 6) is 0.964. The van der Waals surface area contributed by atoms with Crippen LogP contribution in [0.3, 0.4) is 0 Å². The maximum Gasteiger partial charge on any atom is 0.147 e. The highest BCUT2D eigenvalue weighted by molar-refractivity contribution is 5.93. The van der Waals surface area contributed by atoms with Crippen molar-refractivity contribution in [3.8, 4) is 5.75 Å². The molecule has 172 valence electrons. The second-order valence-corrected chi connectivity index (χ2v) is 10.6. The topological polar surface area (TPSA) is 18.5 Å². The molecule has 0 amide bonds. The Balaban J connectivity index is 1.71. The van der Waals surface area contributed by atoms with Crippen molar-refractivity contribution in [2.24, 2.45) is 0 Å². The Morgan fingerprint density at radius 1 is 0.629 bits per heavy atom. The van der Waals surface area contributed by atoms with Gasteiger partial charge in [-0.1, -0.05) is 91.0 Å². The summed E-state index contributed by atoms with van der Waals surface area (Å²) in [6, 6.07) is 34.6. The first-order valence-corrected chi connectivity index (χ1v) is 12.4. The largest absolute Gasteiger partial charge is 0.482 e. The van der Waals surface area contributed by atoms with E-state index in [9.17, 15) is 0 Å². The third-order valence-electron chi connectivity index (χ3n) is 7.95. The summed E-state index contributed by atoms with van der Waals surface area (Å²) in [6.07, 6.45) is 0. The summed E-state index contributed by atoms with van der Waals surface area (Å²) in [5.41, 5.74) is 8.67. The molecule has 35 heavy (non-hydrogen) atoms. The molecule has 3 aliphatic heterocycles. The number of fused-ring (bicyclic) bond motifs is 9. The summed E-state index contributed by atoms with van der Waals surface area (Å²) < 4.78 is 14.4. The van der Waals surface area contributed by atoms with Crippen LogP contribution in [0.1, 0.15) is 52.8 Å². The van der Waals surface area contributed by atoms with E-state index in [1.54, 1.807) is 0 Å².